The van der Waals surface area contributed by atoms with Gasteiger partial charge < -0.3 is 5.11 Å². The van der Waals surface area contributed by atoms with Gasteiger partial charge in [-0.2, -0.15) is 0 Å². The number of hydrogen-bond acceptors (Lipinski definition) is 3. The number of aliphatic hydroxyl groups excluding tert-OH is 1. The quantitative estimate of drug-likeness (QED) is 0.883. The van der Waals surface area contributed by atoms with Gasteiger partial charge in [0.2, 0.25) is 0 Å². The Balaban J connectivity index is 1.67. The first-order valence-electron chi connectivity index (χ1n) is 8.16. The average Bonchev–Trinajstić information content (AvgIpc) is 2.60. The van der Waals surface area contributed by atoms with Gasteiger partial charge in [-0.05, 0) is 48.9 Å². The van der Waals surface area contributed by atoms with Crippen molar-refractivity contribution in [2.24, 2.45) is 11.8 Å². The van der Waals surface area contributed by atoms with Gasteiger partial charge in [-0.1, -0.05) is 24.3 Å². The van der Waals surface area contributed by atoms with E-state index in [-0.39, 0.29) is 6.04 Å². The summed E-state index contributed by atoms with van der Waals surface area (Å²) in [6, 6.07) is 10.3. The lowest BCUT2D eigenvalue weighted by Crippen LogP contribution is -2.54. The van der Waals surface area contributed by atoms with Crippen LogP contribution in [0.15, 0.2) is 49.2 Å². The van der Waals surface area contributed by atoms with Crippen molar-refractivity contribution in [1.82, 2.24) is 9.88 Å². The highest BCUT2D eigenvalue weighted by molar-refractivity contribution is 5.82. The molecule has 1 aromatic heterocycles. The van der Waals surface area contributed by atoms with Crippen LogP contribution in [0.5, 0.6) is 0 Å². The van der Waals surface area contributed by atoms with Crippen molar-refractivity contribution in [2.75, 3.05) is 13.1 Å². The third-order valence-electron chi connectivity index (χ3n) is 5.52. The summed E-state index contributed by atoms with van der Waals surface area (Å²) in [5.74, 6) is 1.27. The zero-order valence-electron chi connectivity index (χ0n) is 12.7. The minimum Gasteiger partial charge on any atom is -0.387 e. The number of rotatable bonds is 3. The van der Waals surface area contributed by atoms with Crippen molar-refractivity contribution >= 4 is 10.9 Å². The van der Waals surface area contributed by atoms with Gasteiger partial charge in [0.05, 0.1) is 11.6 Å². The van der Waals surface area contributed by atoms with Crippen LogP contribution in [0, 0.1) is 11.8 Å². The maximum absolute atomic E-state index is 11.0. The van der Waals surface area contributed by atoms with E-state index in [0.717, 1.165) is 36.0 Å². The third-order valence-corrected chi connectivity index (χ3v) is 5.52. The molecule has 3 aliphatic rings. The van der Waals surface area contributed by atoms with Gasteiger partial charge in [-0.25, -0.2) is 0 Å². The van der Waals surface area contributed by atoms with Crippen LogP contribution >= 0.6 is 0 Å². The lowest BCUT2D eigenvalue weighted by molar-refractivity contribution is -0.0444. The fourth-order valence-corrected chi connectivity index (χ4v) is 4.29. The number of piperidine rings is 3. The molecule has 0 aliphatic carbocycles. The smallest absolute Gasteiger partial charge is 0.0952 e. The number of fused-ring (bicyclic) bond motifs is 4. The van der Waals surface area contributed by atoms with E-state index in [9.17, 15) is 5.11 Å². The Hall–Kier alpha value is -1.71. The number of benzene rings is 1. The van der Waals surface area contributed by atoms with E-state index >= 15 is 0 Å². The molecular formula is C19H22N2O. The monoisotopic (exact) mass is 294 g/mol. The molecule has 3 aliphatic heterocycles. The largest absolute Gasteiger partial charge is 0.387 e. The van der Waals surface area contributed by atoms with Crippen LogP contribution in [0.2, 0.25) is 0 Å². The molecule has 3 heteroatoms. The topological polar surface area (TPSA) is 36.4 Å². The number of para-hydroxylation sites is 1. The van der Waals surface area contributed by atoms with Gasteiger partial charge in [-0.15, -0.1) is 6.58 Å². The fraction of sp³-hybridized carbons (Fsp3) is 0.421. The van der Waals surface area contributed by atoms with Crippen LogP contribution in [0.4, 0.5) is 0 Å². The first-order valence-corrected chi connectivity index (χ1v) is 8.16. The highest BCUT2D eigenvalue weighted by Gasteiger charge is 2.42. The molecule has 0 saturated carbocycles. The van der Waals surface area contributed by atoms with E-state index in [1.165, 1.54) is 6.42 Å². The van der Waals surface area contributed by atoms with Crippen LogP contribution in [0.25, 0.3) is 10.9 Å². The Bertz CT molecular complexity index is 693. The zero-order chi connectivity index (χ0) is 15.1. The molecule has 0 amide bonds. The molecule has 1 unspecified atom stereocenters. The van der Waals surface area contributed by atoms with E-state index in [0.29, 0.717) is 11.8 Å². The Morgan fingerprint density at radius 3 is 2.95 bits per heavy atom. The summed E-state index contributed by atoms with van der Waals surface area (Å²) in [7, 11) is 0. The molecule has 0 radical (unpaired) electrons. The first-order chi connectivity index (χ1) is 10.8. The summed E-state index contributed by atoms with van der Waals surface area (Å²) < 4.78 is 0. The molecule has 4 heterocycles. The summed E-state index contributed by atoms with van der Waals surface area (Å²) >= 11 is 0. The molecule has 1 aromatic carbocycles. The number of pyridine rings is 1. The second-order valence-corrected chi connectivity index (χ2v) is 6.61. The highest BCUT2D eigenvalue weighted by Crippen LogP contribution is 2.41. The summed E-state index contributed by atoms with van der Waals surface area (Å²) in [6.07, 6.45) is 5.76. The SMILES string of the molecule is C=C[C@@H]1CN2CC[C@H]1C[C@H]2[C@@H](O)c1ccnc2ccccc12. The molecule has 5 atom stereocenters. The highest BCUT2D eigenvalue weighted by atomic mass is 16.3. The van der Waals surface area contributed by atoms with Crippen LogP contribution in [-0.2, 0) is 0 Å². The molecule has 1 N–H and O–H groups in total. The van der Waals surface area contributed by atoms with Gasteiger partial charge in [0.25, 0.3) is 0 Å². The predicted molar refractivity (Wildman–Crippen MR) is 88.5 cm³/mol. The molecule has 2 aromatic rings. The van der Waals surface area contributed by atoms with Crippen molar-refractivity contribution in [3.8, 4) is 0 Å². The van der Waals surface area contributed by atoms with E-state index in [2.05, 4.69) is 28.6 Å². The van der Waals surface area contributed by atoms with Crippen LogP contribution in [0.3, 0.4) is 0 Å². The Morgan fingerprint density at radius 1 is 1.32 bits per heavy atom. The average molecular weight is 294 g/mol. The molecule has 5 rings (SSSR count). The van der Waals surface area contributed by atoms with Crippen LogP contribution in [-0.4, -0.2) is 34.1 Å². The Labute approximate surface area is 131 Å². The number of hydrogen-bond donors (Lipinski definition) is 1. The van der Waals surface area contributed by atoms with E-state index in [4.69, 9.17) is 0 Å². The van der Waals surface area contributed by atoms with Gasteiger partial charge in [-0.3, -0.25) is 9.88 Å². The summed E-state index contributed by atoms with van der Waals surface area (Å²) in [5, 5.41) is 12.1. The predicted octanol–water partition coefficient (Wildman–Crippen LogP) is 3.16. The van der Waals surface area contributed by atoms with Crippen molar-refractivity contribution in [3.63, 3.8) is 0 Å². The molecule has 22 heavy (non-hydrogen) atoms. The van der Waals surface area contributed by atoms with Crippen molar-refractivity contribution in [3.05, 3.63) is 54.7 Å². The summed E-state index contributed by atoms with van der Waals surface area (Å²) in [5.41, 5.74) is 1.97. The third kappa shape index (κ3) is 2.16. The van der Waals surface area contributed by atoms with E-state index < -0.39 is 6.10 Å². The normalized spacial score (nSPS) is 32.0. The molecule has 2 bridgehead atoms. The molecular weight excluding hydrogens is 272 g/mol. The molecule has 114 valence electrons. The molecule has 3 fully saturated rings. The van der Waals surface area contributed by atoms with E-state index in [1.807, 2.05) is 30.5 Å². The number of nitrogens with zero attached hydrogens (tertiary/aromatic N) is 2. The first kappa shape index (κ1) is 13.9. The maximum Gasteiger partial charge on any atom is 0.0952 e. The van der Waals surface area contributed by atoms with Gasteiger partial charge in [0.15, 0.2) is 0 Å². The van der Waals surface area contributed by atoms with Gasteiger partial charge >= 0.3 is 0 Å². The standard InChI is InChI=1S/C19H22N2O/c1-2-13-12-21-10-8-14(13)11-18(21)19(22)16-7-9-20-17-6-4-3-5-15(16)17/h2-7,9,13-14,18-19,22H,1,8,10-12H2/t13-,14+,18+,19+/m1/s1. The van der Waals surface area contributed by atoms with Crippen molar-refractivity contribution < 1.29 is 5.11 Å². The van der Waals surface area contributed by atoms with Crippen LogP contribution < -0.4 is 0 Å². The second-order valence-electron chi connectivity index (χ2n) is 6.61. The summed E-state index contributed by atoms with van der Waals surface area (Å²) in [4.78, 5) is 6.86. The molecule has 3 nitrogen and oxygen atoms in total. The van der Waals surface area contributed by atoms with Crippen molar-refractivity contribution in [2.45, 2.75) is 25.0 Å². The number of aromatic nitrogens is 1. The van der Waals surface area contributed by atoms with Gasteiger partial charge in [0.1, 0.15) is 0 Å². The van der Waals surface area contributed by atoms with E-state index in [1.54, 1.807) is 0 Å². The van der Waals surface area contributed by atoms with Crippen molar-refractivity contribution in [1.29, 1.82) is 0 Å². The second kappa shape index (κ2) is 5.49. The number of aliphatic hydroxyl groups is 1. The molecule has 3 saturated heterocycles. The fourth-order valence-electron chi connectivity index (χ4n) is 4.29. The minimum absolute atomic E-state index is 0.223. The summed E-state index contributed by atoms with van der Waals surface area (Å²) in [6.45, 7) is 6.11. The van der Waals surface area contributed by atoms with Crippen LogP contribution in [0.1, 0.15) is 24.5 Å². The Kier molecular flexibility index (Phi) is 3.47. The molecule has 0 spiro atoms. The Morgan fingerprint density at radius 2 is 2.18 bits per heavy atom. The maximum atomic E-state index is 11.0. The minimum atomic E-state index is -0.443. The lowest BCUT2D eigenvalue weighted by Gasteiger charge is -2.50. The van der Waals surface area contributed by atoms with Gasteiger partial charge in [0, 0.05) is 24.2 Å². The zero-order valence-corrected chi connectivity index (χ0v) is 12.7. The lowest BCUT2D eigenvalue weighted by atomic mass is 9.73.